The van der Waals surface area contributed by atoms with E-state index in [1.165, 1.54) is 5.69 Å². The Kier molecular flexibility index (Phi) is 4.90. The van der Waals surface area contributed by atoms with Crippen LogP contribution in [-0.4, -0.2) is 61.0 Å². The Hall–Kier alpha value is -3.37. The summed E-state index contributed by atoms with van der Waals surface area (Å²) in [6.45, 7) is 6.26. The van der Waals surface area contributed by atoms with Crippen LogP contribution in [0.2, 0.25) is 0 Å². The lowest BCUT2D eigenvalue weighted by Crippen LogP contribution is -2.43. The highest BCUT2D eigenvalue weighted by atomic mass is 16.3. The maximum Gasteiger partial charge on any atom is 0.274 e. The Labute approximate surface area is 185 Å². The van der Waals surface area contributed by atoms with Gasteiger partial charge in [-0.2, -0.15) is 5.10 Å². The van der Waals surface area contributed by atoms with Crippen LogP contribution in [0.15, 0.2) is 30.7 Å². The number of aliphatic hydroxyl groups excluding tert-OH is 1. The average molecular weight is 435 g/mol. The highest BCUT2D eigenvalue weighted by Crippen LogP contribution is 2.36. The molecule has 2 aliphatic rings. The zero-order valence-electron chi connectivity index (χ0n) is 18.0. The number of hydrogen-bond donors (Lipinski definition) is 4. The van der Waals surface area contributed by atoms with Crippen molar-refractivity contribution in [3.8, 4) is 22.5 Å². The van der Waals surface area contributed by atoms with E-state index in [4.69, 9.17) is 5.73 Å². The number of fused-ring (bicyclic) bond motifs is 1. The highest BCUT2D eigenvalue weighted by Gasteiger charge is 2.32. The number of aliphatic hydroxyl groups is 1. The second-order valence-corrected chi connectivity index (χ2v) is 9.23. The van der Waals surface area contributed by atoms with E-state index >= 15 is 0 Å². The molecule has 0 aliphatic carbocycles. The van der Waals surface area contributed by atoms with Crippen LogP contribution in [0.1, 0.15) is 30.0 Å². The van der Waals surface area contributed by atoms with E-state index in [0.29, 0.717) is 18.8 Å². The molecule has 32 heavy (non-hydrogen) atoms. The van der Waals surface area contributed by atoms with Gasteiger partial charge in [-0.1, -0.05) is 13.8 Å². The van der Waals surface area contributed by atoms with Gasteiger partial charge in [-0.25, -0.2) is 9.97 Å². The van der Waals surface area contributed by atoms with E-state index in [0.717, 1.165) is 29.8 Å². The SMILES string of the molecule is CC1(C)Cc2c(-c3cc(-c4cnc(N)c(C(=O)N[C@@H]5CNC[C@H]5O)n4)ccn3)cnn2C1. The number of carbonyl (C=O) groups excluding carboxylic acids is 1. The fraction of sp³-hybridized carbons (Fsp3) is 0.409. The zero-order chi connectivity index (χ0) is 22.5. The molecule has 5 heterocycles. The molecule has 3 aromatic rings. The number of anilines is 1. The van der Waals surface area contributed by atoms with Crippen molar-refractivity contribution in [1.82, 2.24) is 35.4 Å². The smallest absolute Gasteiger partial charge is 0.274 e. The summed E-state index contributed by atoms with van der Waals surface area (Å²) in [6.07, 6.45) is 5.39. The minimum absolute atomic E-state index is 0.0353. The van der Waals surface area contributed by atoms with Crippen LogP contribution in [0.4, 0.5) is 5.82 Å². The van der Waals surface area contributed by atoms with E-state index in [2.05, 4.69) is 44.5 Å². The normalized spacial score (nSPS) is 21.5. The fourth-order valence-corrected chi connectivity index (χ4v) is 4.35. The molecule has 1 amide bonds. The van der Waals surface area contributed by atoms with Gasteiger partial charge in [-0.15, -0.1) is 0 Å². The van der Waals surface area contributed by atoms with Gasteiger partial charge in [0.25, 0.3) is 5.91 Å². The Morgan fingerprint density at radius 2 is 2.12 bits per heavy atom. The molecule has 0 unspecified atom stereocenters. The second-order valence-electron chi connectivity index (χ2n) is 9.23. The first kappa shape index (κ1) is 20.5. The van der Waals surface area contributed by atoms with Crippen molar-refractivity contribution >= 4 is 11.7 Å². The summed E-state index contributed by atoms with van der Waals surface area (Å²) in [7, 11) is 0. The number of hydrogen-bond acceptors (Lipinski definition) is 8. The molecule has 0 bridgehead atoms. The van der Waals surface area contributed by atoms with Crippen molar-refractivity contribution in [2.75, 3.05) is 18.8 Å². The average Bonchev–Trinajstić information content (AvgIpc) is 3.42. The molecule has 166 valence electrons. The van der Waals surface area contributed by atoms with Crippen LogP contribution in [0.5, 0.6) is 0 Å². The maximum absolute atomic E-state index is 12.7. The molecular weight excluding hydrogens is 408 g/mol. The van der Waals surface area contributed by atoms with Gasteiger partial charge in [0.15, 0.2) is 11.5 Å². The molecular formula is C22H26N8O2. The van der Waals surface area contributed by atoms with Crippen molar-refractivity contribution < 1.29 is 9.90 Å². The van der Waals surface area contributed by atoms with Crippen LogP contribution < -0.4 is 16.4 Å². The number of aromatic nitrogens is 5. The molecule has 1 saturated heterocycles. The molecule has 0 spiro atoms. The van der Waals surface area contributed by atoms with Crippen molar-refractivity contribution in [3.05, 3.63) is 42.1 Å². The number of nitrogens with one attached hydrogen (secondary N) is 2. The predicted molar refractivity (Wildman–Crippen MR) is 119 cm³/mol. The summed E-state index contributed by atoms with van der Waals surface area (Å²) in [4.78, 5) is 25.9. The van der Waals surface area contributed by atoms with Gasteiger partial charge in [0.1, 0.15) is 0 Å². The molecule has 2 aliphatic heterocycles. The number of pyridine rings is 1. The minimum atomic E-state index is -0.651. The lowest BCUT2D eigenvalue weighted by Gasteiger charge is -2.16. The second kappa shape index (κ2) is 7.64. The molecule has 1 fully saturated rings. The number of amides is 1. The lowest BCUT2D eigenvalue weighted by atomic mass is 9.90. The summed E-state index contributed by atoms with van der Waals surface area (Å²) in [5.74, 6) is -0.423. The Bertz CT molecular complexity index is 1190. The van der Waals surface area contributed by atoms with Gasteiger partial charge in [0.2, 0.25) is 0 Å². The van der Waals surface area contributed by atoms with E-state index in [1.54, 1.807) is 12.4 Å². The summed E-state index contributed by atoms with van der Waals surface area (Å²) in [5.41, 5.74) is 10.4. The number of β-amino-alcohol motifs (C(OH)–C–C–N with tert-alkyl or cyclic N) is 1. The fourth-order valence-electron chi connectivity index (χ4n) is 4.35. The first-order valence-electron chi connectivity index (χ1n) is 10.6. The Balaban J connectivity index is 1.44. The van der Waals surface area contributed by atoms with Crippen molar-refractivity contribution in [2.24, 2.45) is 5.41 Å². The molecule has 0 saturated carbocycles. The largest absolute Gasteiger partial charge is 0.390 e. The highest BCUT2D eigenvalue weighted by molar-refractivity contribution is 5.97. The molecule has 2 atom stereocenters. The standard InChI is InChI=1S/C22H26N8O2/c1-22(2)6-17-13(7-27-30(17)11-22)14-5-12(3-4-25-14)15-9-26-20(23)19(28-15)21(32)29-16-8-24-10-18(16)31/h3-5,7,9,16,18,24,31H,6,8,10-11H2,1-2H3,(H2,23,26)(H,29,32)/t16-,18-/m1/s1. The molecule has 10 nitrogen and oxygen atoms in total. The van der Waals surface area contributed by atoms with E-state index in [1.807, 2.05) is 23.0 Å². The Morgan fingerprint density at radius 1 is 1.28 bits per heavy atom. The van der Waals surface area contributed by atoms with E-state index in [-0.39, 0.29) is 16.9 Å². The monoisotopic (exact) mass is 434 g/mol. The number of carbonyl (C=O) groups is 1. The quantitative estimate of drug-likeness (QED) is 0.468. The van der Waals surface area contributed by atoms with E-state index in [9.17, 15) is 9.90 Å². The van der Waals surface area contributed by atoms with Gasteiger partial charge in [0.05, 0.1) is 35.9 Å². The van der Waals surface area contributed by atoms with Crippen LogP contribution in [0, 0.1) is 5.41 Å². The van der Waals surface area contributed by atoms with Crippen LogP contribution in [0.25, 0.3) is 22.5 Å². The first-order chi connectivity index (χ1) is 15.3. The van der Waals surface area contributed by atoms with Gasteiger partial charge in [-0.05, 0) is 24.0 Å². The molecule has 10 heteroatoms. The van der Waals surface area contributed by atoms with Crippen LogP contribution >= 0.6 is 0 Å². The zero-order valence-corrected chi connectivity index (χ0v) is 18.0. The van der Waals surface area contributed by atoms with Crippen molar-refractivity contribution in [3.63, 3.8) is 0 Å². The van der Waals surface area contributed by atoms with Crippen LogP contribution in [0.3, 0.4) is 0 Å². The molecule has 0 radical (unpaired) electrons. The van der Waals surface area contributed by atoms with Gasteiger partial charge < -0.3 is 21.5 Å². The van der Waals surface area contributed by atoms with Crippen LogP contribution in [-0.2, 0) is 13.0 Å². The molecule has 5 rings (SSSR count). The third-order valence-electron chi connectivity index (χ3n) is 6.02. The lowest BCUT2D eigenvalue weighted by molar-refractivity contribution is 0.0884. The topological polar surface area (TPSA) is 144 Å². The molecule has 0 aromatic carbocycles. The van der Waals surface area contributed by atoms with Crippen molar-refractivity contribution in [2.45, 2.75) is 39.0 Å². The van der Waals surface area contributed by atoms with Gasteiger partial charge >= 0.3 is 0 Å². The maximum atomic E-state index is 12.7. The Morgan fingerprint density at radius 3 is 2.91 bits per heavy atom. The summed E-state index contributed by atoms with van der Waals surface area (Å²) < 4.78 is 2.04. The minimum Gasteiger partial charge on any atom is -0.390 e. The predicted octanol–water partition coefficient (Wildman–Crippen LogP) is 0.629. The number of rotatable bonds is 4. The summed E-state index contributed by atoms with van der Waals surface area (Å²) in [5, 5.41) is 20.3. The van der Waals surface area contributed by atoms with Gasteiger partial charge in [-0.3, -0.25) is 14.5 Å². The summed E-state index contributed by atoms with van der Waals surface area (Å²) in [6, 6.07) is 3.35. The number of nitrogen functional groups attached to an aromatic ring is 1. The third-order valence-corrected chi connectivity index (χ3v) is 6.02. The first-order valence-corrected chi connectivity index (χ1v) is 10.6. The van der Waals surface area contributed by atoms with E-state index < -0.39 is 18.1 Å². The number of nitrogens with two attached hydrogens (primary N) is 1. The third kappa shape index (κ3) is 3.71. The molecule has 3 aromatic heterocycles. The number of nitrogens with zero attached hydrogens (tertiary/aromatic N) is 5. The van der Waals surface area contributed by atoms with Gasteiger partial charge in [0, 0.05) is 42.7 Å². The summed E-state index contributed by atoms with van der Waals surface area (Å²) >= 11 is 0. The van der Waals surface area contributed by atoms with Crippen molar-refractivity contribution in [1.29, 1.82) is 0 Å². The molecule has 5 N–H and O–H groups in total.